The van der Waals surface area contributed by atoms with E-state index in [1.807, 2.05) is 18.2 Å². The SMILES string of the molecule is CC(C)c1ccc(S(=O)(=O)Nc2ccc(N3CCC(N)CC3)nc2)cc1. The van der Waals surface area contributed by atoms with Crippen molar-refractivity contribution in [2.75, 3.05) is 22.7 Å². The van der Waals surface area contributed by atoms with E-state index in [0.29, 0.717) is 11.6 Å². The lowest BCUT2D eigenvalue weighted by molar-refractivity contribution is 0.498. The number of hydrogen-bond donors (Lipinski definition) is 2. The minimum absolute atomic E-state index is 0.246. The average molecular weight is 375 g/mol. The topological polar surface area (TPSA) is 88.3 Å². The van der Waals surface area contributed by atoms with Crippen molar-refractivity contribution in [3.8, 4) is 0 Å². The van der Waals surface area contributed by atoms with Crippen molar-refractivity contribution in [1.82, 2.24) is 4.98 Å². The van der Waals surface area contributed by atoms with Crippen molar-refractivity contribution in [2.45, 2.75) is 43.5 Å². The van der Waals surface area contributed by atoms with Gasteiger partial charge in [-0.3, -0.25) is 4.72 Å². The van der Waals surface area contributed by atoms with E-state index in [0.717, 1.165) is 37.3 Å². The maximum Gasteiger partial charge on any atom is 0.261 e. The second-order valence-electron chi connectivity index (χ2n) is 7.06. The van der Waals surface area contributed by atoms with Crippen LogP contribution in [0.2, 0.25) is 0 Å². The third-order valence-electron chi connectivity index (χ3n) is 4.72. The van der Waals surface area contributed by atoms with Gasteiger partial charge in [-0.2, -0.15) is 0 Å². The number of aromatic nitrogens is 1. The van der Waals surface area contributed by atoms with Gasteiger partial charge in [-0.15, -0.1) is 0 Å². The number of nitrogens with one attached hydrogen (secondary N) is 1. The Morgan fingerprint density at radius 3 is 2.31 bits per heavy atom. The largest absolute Gasteiger partial charge is 0.357 e. The summed E-state index contributed by atoms with van der Waals surface area (Å²) in [4.78, 5) is 6.82. The van der Waals surface area contributed by atoms with Gasteiger partial charge in [0.25, 0.3) is 10.0 Å². The van der Waals surface area contributed by atoms with Crippen molar-refractivity contribution in [3.63, 3.8) is 0 Å². The fourth-order valence-corrected chi connectivity index (χ4v) is 4.05. The van der Waals surface area contributed by atoms with E-state index in [2.05, 4.69) is 28.5 Å². The highest BCUT2D eigenvalue weighted by molar-refractivity contribution is 7.92. The van der Waals surface area contributed by atoms with Crippen molar-refractivity contribution in [2.24, 2.45) is 5.73 Å². The lowest BCUT2D eigenvalue weighted by atomic mass is 10.0. The molecule has 3 N–H and O–H groups in total. The Bertz CT molecular complexity index is 825. The number of nitrogens with two attached hydrogens (primary N) is 1. The predicted octanol–water partition coefficient (Wildman–Crippen LogP) is 2.93. The van der Waals surface area contributed by atoms with Gasteiger partial charge in [-0.05, 0) is 48.6 Å². The lowest BCUT2D eigenvalue weighted by Crippen LogP contribution is -2.40. The predicted molar refractivity (Wildman–Crippen MR) is 105 cm³/mol. The normalized spacial score (nSPS) is 16.1. The second-order valence-corrected chi connectivity index (χ2v) is 8.74. The summed E-state index contributed by atoms with van der Waals surface area (Å²) in [5, 5.41) is 0. The van der Waals surface area contributed by atoms with E-state index in [4.69, 9.17) is 5.73 Å². The quantitative estimate of drug-likeness (QED) is 0.840. The van der Waals surface area contributed by atoms with Crippen LogP contribution in [0, 0.1) is 0 Å². The van der Waals surface area contributed by atoms with Crippen LogP contribution in [0.4, 0.5) is 11.5 Å². The van der Waals surface area contributed by atoms with Gasteiger partial charge in [-0.25, -0.2) is 13.4 Å². The molecule has 0 bridgehead atoms. The third kappa shape index (κ3) is 4.34. The Hall–Kier alpha value is -2.12. The molecular weight excluding hydrogens is 348 g/mol. The molecule has 1 aliphatic rings. The molecule has 0 saturated carbocycles. The van der Waals surface area contributed by atoms with Crippen LogP contribution in [0.15, 0.2) is 47.5 Å². The number of sulfonamides is 1. The Labute approximate surface area is 155 Å². The van der Waals surface area contributed by atoms with Crippen LogP contribution in [-0.4, -0.2) is 32.5 Å². The van der Waals surface area contributed by atoms with Gasteiger partial charge in [0.15, 0.2) is 0 Å². The minimum atomic E-state index is -3.62. The van der Waals surface area contributed by atoms with Gasteiger partial charge in [0, 0.05) is 19.1 Å². The van der Waals surface area contributed by atoms with Gasteiger partial charge in [-0.1, -0.05) is 26.0 Å². The number of hydrogen-bond acceptors (Lipinski definition) is 5. The Morgan fingerprint density at radius 1 is 1.12 bits per heavy atom. The van der Waals surface area contributed by atoms with Crippen LogP contribution in [0.3, 0.4) is 0 Å². The van der Waals surface area contributed by atoms with Gasteiger partial charge in [0.2, 0.25) is 0 Å². The van der Waals surface area contributed by atoms with Crippen LogP contribution in [0.25, 0.3) is 0 Å². The molecule has 3 rings (SSSR count). The number of anilines is 2. The molecule has 1 saturated heterocycles. The summed E-state index contributed by atoms with van der Waals surface area (Å²) in [6, 6.07) is 10.8. The number of benzene rings is 1. The molecule has 0 aliphatic carbocycles. The van der Waals surface area contributed by atoms with Gasteiger partial charge >= 0.3 is 0 Å². The number of rotatable bonds is 5. The summed E-state index contributed by atoms with van der Waals surface area (Å²) in [7, 11) is -3.62. The highest BCUT2D eigenvalue weighted by Crippen LogP contribution is 2.22. The summed E-state index contributed by atoms with van der Waals surface area (Å²) >= 11 is 0. The third-order valence-corrected chi connectivity index (χ3v) is 6.12. The second kappa shape index (κ2) is 7.63. The zero-order valence-corrected chi connectivity index (χ0v) is 16.0. The Balaban J connectivity index is 1.69. The van der Waals surface area contributed by atoms with Crippen molar-refractivity contribution >= 4 is 21.5 Å². The van der Waals surface area contributed by atoms with Gasteiger partial charge in [0.1, 0.15) is 5.82 Å². The van der Waals surface area contributed by atoms with Crippen molar-refractivity contribution in [3.05, 3.63) is 48.2 Å². The van der Waals surface area contributed by atoms with E-state index >= 15 is 0 Å². The fourth-order valence-electron chi connectivity index (χ4n) is 3.01. The van der Waals surface area contributed by atoms with Crippen LogP contribution in [0.1, 0.15) is 38.2 Å². The molecule has 1 aromatic carbocycles. The van der Waals surface area contributed by atoms with Gasteiger partial charge in [0.05, 0.1) is 16.8 Å². The molecule has 0 spiro atoms. The van der Waals surface area contributed by atoms with Crippen LogP contribution in [-0.2, 0) is 10.0 Å². The molecule has 26 heavy (non-hydrogen) atoms. The molecule has 2 aromatic rings. The smallest absolute Gasteiger partial charge is 0.261 e. The number of nitrogens with zero attached hydrogens (tertiary/aromatic N) is 2. The average Bonchev–Trinajstić information content (AvgIpc) is 2.63. The summed E-state index contributed by atoms with van der Waals surface area (Å²) in [5.74, 6) is 1.21. The van der Waals surface area contributed by atoms with E-state index in [-0.39, 0.29) is 10.9 Å². The summed E-state index contributed by atoms with van der Waals surface area (Å²) in [6.45, 7) is 5.90. The molecule has 0 unspecified atom stereocenters. The Kier molecular flexibility index (Phi) is 5.48. The zero-order valence-electron chi connectivity index (χ0n) is 15.2. The summed E-state index contributed by atoms with van der Waals surface area (Å²) in [5.41, 5.74) is 7.49. The molecule has 1 fully saturated rings. The maximum atomic E-state index is 12.5. The fraction of sp³-hybridized carbons (Fsp3) is 0.421. The first-order valence-electron chi connectivity index (χ1n) is 8.94. The van der Waals surface area contributed by atoms with E-state index < -0.39 is 10.0 Å². The Morgan fingerprint density at radius 2 is 1.77 bits per heavy atom. The van der Waals surface area contributed by atoms with Crippen molar-refractivity contribution in [1.29, 1.82) is 0 Å². The first-order valence-corrected chi connectivity index (χ1v) is 10.4. The highest BCUT2D eigenvalue weighted by Gasteiger charge is 2.18. The summed E-state index contributed by atoms with van der Waals surface area (Å²) in [6.07, 6.45) is 3.45. The molecule has 140 valence electrons. The number of pyridine rings is 1. The lowest BCUT2D eigenvalue weighted by Gasteiger charge is -2.31. The standard InChI is InChI=1S/C19H26N4O2S/c1-14(2)15-3-6-18(7-4-15)26(24,25)22-17-5-8-19(21-13-17)23-11-9-16(20)10-12-23/h3-8,13-14,16,22H,9-12,20H2,1-2H3. The van der Waals surface area contributed by atoms with Crippen molar-refractivity contribution < 1.29 is 8.42 Å². The monoisotopic (exact) mass is 374 g/mol. The molecule has 0 amide bonds. The molecule has 6 nitrogen and oxygen atoms in total. The molecular formula is C19H26N4O2S. The molecule has 1 aromatic heterocycles. The zero-order chi connectivity index (χ0) is 18.7. The minimum Gasteiger partial charge on any atom is -0.357 e. The van der Waals surface area contributed by atoms with E-state index in [1.54, 1.807) is 24.4 Å². The number of piperidine rings is 1. The molecule has 0 atom stereocenters. The summed E-state index contributed by atoms with van der Waals surface area (Å²) < 4.78 is 27.7. The maximum absolute atomic E-state index is 12.5. The molecule has 0 radical (unpaired) electrons. The van der Waals surface area contributed by atoms with Crippen LogP contribution >= 0.6 is 0 Å². The first kappa shape index (κ1) is 18.7. The highest BCUT2D eigenvalue weighted by atomic mass is 32.2. The van der Waals surface area contributed by atoms with Crippen LogP contribution in [0.5, 0.6) is 0 Å². The van der Waals surface area contributed by atoms with E-state index in [9.17, 15) is 8.42 Å². The molecule has 1 aliphatic heterocycles. The van der Waals surface area contributed by atoms with Crippen LogP contribution < -0.4 is 15.4 Å². The first-order chi connectivity index (χ1) is 12.3. The molecule has 2 heterocycles. The van der Waals surface area contributed by atoms with E-state index in [1.165, 1.54) is 0 Å². The molecule has 7 heteroatoms. The van der Waals surface area contributed by atoms with Gasteiger partial charge < -0.3 is 10.6 Å².